The van der Waals surface area contributed by atoms with Crippen molar-refractivity contribution in [1.82, 2.24) is 0 Å². The van der Waals surface area contributed by atoms with Gasteiger partial charge < -0.3 is 14.1 Å². The van der Waals surface area contributed by atoms with Gasteiger partial charge in [-0.2, -0.15) is 13.7 Å². The van der Waals surface area contributed by atoms with Crippen LogP contribution in [0.3, 0.4) is 0 Å². The molecule has 0 N–H and O–H groups in total. The predicted molar refractivity (Wildman–Crippen MR) is 186 cm³/mol. The maximum Gasteiger partial charge on any atom is 0.379 e. The molecule has 8 heteroatoms. The molecule has 0 amide bonds. The molecule has 0 radical (unpaired) electrons. The third-order valence-electron chi connectivity index (χ3n) is 8.77. The zero-order valence-electron chi connectivity index (χ0n) is 25.7. The van der Waals surface area contributed by atoms with E-state index in [9.17, 15) is 0 Å². The van der Waals surface area contributed by atoms with E-state index in [2.05, 4.69) is 104 Å². The van der Waals surface area contributed by atoms with Gasteiger partial charge in [0.15, 0.2) is 37.8 Å². The van der Waals surface area contributed by atoms with Gasteiger partial charge in [0.1, 0.15) is 6.08 Å². The fraction of sp³-hybridized carbons (Fsp3) is 0.154. The number of ether oxygens (including phenoxy) is 1. The van der Waals surface area contributed by atoms with Crippen LogP contribution in [-0.2, 0) is 19.6 Å². The van der Waals surface area contributed by atoms with Gasteiger partial charge in [-0.15, -0.1) is 0 Å². The summed E-state index contributed by atoms with van der Waals surface area (Å²) in [6, 6.07) is 37.0. The van der Waals surface area contributed by atoms with E-state index >= 15 is 0 Å². The Bertz CT molecular complexity index is 2290. The van der Waals surface area contributed by atoms with Crippen molar-refractivity contribution in [2.24, 2.45) is 0 Å². The predicted octanol–water partition coefficient (Wildman–Crippen LogP) is 8.29. The number of hydrogen-bond donors (Lipinski definition) is 0. The Kier molecular flexibility index (Phi) is 7.97. The van der Waals surface area contributed by atoms with Crippen LogP contribution in [-0.4, -0.2) is 6.54 Å². The van der Waals surface area contributed by atoms with E-state index in [0.717, 1.165) is 61.6 Å². The number of halogens is 2. The second kappa shape index (κ2) is 12.7. The molecule has 0 fully saturated rings. The third-order valence-corrected chi connectivity index (χ3v) is 9.24. The SMILES string of the molecule is Clc1ccc2c(c1)N(CCC[n+]1cccc3ccccc31)C(=Cc1oc3ccc(Cl)cc3[n+]1CCC[n+]1cccc3ccccc31)O2. The molecule has 4 aromatic carbocycles. The molecule has 1 aliphatic rings. The van der Waals surface area contributed by atoms with Gasteiger partial charge in [-0.3, -0.25) is 0 Å². The summed E-state index contributed by atoms with van der Waals surface area (Å²) in [5, 5.41) is 3.79. The molecular formula is C39H33Cl2N4O2+3. The monoisotopic (exact) mass is 659 g/mol. The highest BCUT2D eigenvalue weighted by Gasteiger charge is 2.31. The fourth-order valence-corrected chi connectivity index (χ4v) is 6.89. The number of rotatable bonds is 9. The van der Waals surface area contributed by atoms with Gasteiger partial charge in [0.25, 0.3) is 5.52 Å². The lowest BCUT2D eigenvalue weighted by atomic mass is 10.2. The van der Waals surface area contributed by atoms with Crippen LogP contribution in [0.5, 0.6) is 5.75 Å². The minimum atomic E-state index is 0.668. The Hall–Kier alpha value is -4.91. The summed E-state index contributed by atoms with van der Waals surface area (Å²) in [7, 11) is 0. The first-order valence-corrected chi connectivity index (χ1v) is 16.7. The summed E-state index contributed by atoms with van der Waals surface area (Å²) in [5.74, 6) is 2.18. The number of pyridine rings is 2. The molecule has 4 heterocycles. The van der Waals surface area contributed by atoms with Gasteiger partial charge in [-0.05, 0) is 54.6 Å². The first-order valence-electron chi connectivity index (χ1n) is 15.9. The van der Waals surface area contributed by atoms with E-state index in [-0.39, 0.29) is 0 Å². The van der Waals surface area contributed by atoms with E-state index in [1.165, 1.54) is 21.8 Å². The fourth-order valence-electron chi connectivity index (χ4n) is 6.56. The molecular weight excluding hydrogens is 627 g/mol. The van der Waals surface area contributed by atoms with Crippen molar-refractivity contribution in [3.63, 3.8) is 0 Å². The van der Waals surface area contributed by atoms with E-state index in [1.807, 2.05) is 42.5 Å². The number of aryl methyl sites for hydroxylation is 3. The van der Waals surface area contributed by atoms with Gasteiger partial charge in [0, 0.05) is 64.1 Å². The Labute approximate surface area is 282 Å². The molecule has 8 rings (SSSR count). The average Bonchev–Trinajstić information content (AvgIpc) is 3.61. The van der Waals surface area contributed by atoms with E-state index in [0.29, 0.717) is 21.8 Å². The number of aromatic nitrogens is 3. The lowest BCUT2D eigenvalue weighted by Gasteiger charge is -2.17. The number of nitrogens with zero attached hydrogens (tertiary/aromatic N) is 4. The topological polar surface area (TPSA) is 37.2 Å². The molecule has 0 atom stereocenters. The average molecular weight is 661 g/mol. The van der Waals surface area contributed by atoms with Gasteiger partial charge in [0.2, 0.25) is 22.5 Å². The molecule has 1 aliphatic heterocycles. The number of fused-ring (bicyclic) bond motifs is 4. The van der Waals surface area contributed by atoms with Crippen LogP contribution in [0.25, 0.3) is 39.0 Å². The standard InChI is InChI=1S/C39H33Cl2N4O2/c40-30-15-17-36-34(25-30)44(23-7-21-42-19-5-11-28-9-1-3-13-32(28)42)38(46-36)27-39-45(35-26-31(41)16-18-37(35)47-39)24-8-22-43-20-6-12-29-10-2-4-14-33(29)43/h1-6,9-20,25-27H,7-8,21-24H2/q+3. The Balaban J connectivity index is 1.10. The molecule has 3 aromatic heterocycles. The van der Waals surface area contributed by atoms with Crippen molar-refractivity contribution in [3.05, 3.63) is 143 Å². The van der Waals surface area contributed by atoms with E-state index in [1.54, 1.807) is 0 Å². The van der Waals surface area contributed by atoms with Gasteiger partial charge in [-0.1, -0.05) is 47.5 Å². The number of hydrogen-bond acceptors (Lipinski definition) is 3. The second-order valence-corrected chi connectivity index (χ2v) is 12.7. The Morgan fingerprint density at radius 2 is 1.28 bits per heavy atom. The lowest BCUT2D eigenvalue weighted by Crippen LogP contribution is -2.40. The summed E-state index contributed by atoms with van der Waals surface area (Å²) in [5.41, 5.74) is 5.11. The Morgan fingerprint density at radius 1 is 0.638 bits per heavy atom. The highest BCUT2D eigenvalue weighted by molar-refractivity contribution is 6.31. The lowest BCUT2D eigenvalue weighted by molar-refractivity contribution is -0.705. The van der Waals surface area contributed by atoms with Crippen LogP contribution in [0.4, 0.5) is 5.69 Å². The van der Waals surface area contributed by atoms with Crippen molar-refractivity contribution >= 4 is 67.9 Å². The molecule has 0 aliphatic carbocycles. The molecule has 47 heavy (non-hydrogen) atoms. The number of anilines is 1. The zero-order chi connectivity index (χ0) is 31.7. The minimum absolute atomic E-state index is 0.668. The third kappa shape index (κ3) is 5.91. The summed E-state index contributed by atoms with van der Waals surface area (Å²) >= 11 is 13.0. The van der Waals surface area contributed by atoms with Crippen molar-refractivity contribution in [1.29, 1.82) is 0 Å². The zero-order valence-corrected chi connectivity index (χ0v) is 27.2. The largest absolute Gasteiger partial charge is 0.438 e. The second-order valence-electron chi connectivity index (χ2n) is 11.8. The van der Waals surface area contributed by atoms with Crippen molar-refractivity contribution < 1.29 is 22.9 Å². The minimum Gasteiger partial charge on any atom is -0.438 e. The number of oxazole rings is 1. The normalized spacial score (nSPS) is 13.6. The molecule has 0 unspecified atom stereocenters. The maximum atomic E-state index is 6.49. The number of benzene rings is 4. The molecule has 232 valence electrons. The van der Waals surface area contributed by atoms with Gasteiger partial charge in [-0.25, -0.2) is 0 Å². The molecule has 7 aromatic rings. The molecule has 0 saturated carbocycles. The maximum absolute atomic E-state index is 6.49. The first kappa shape index (κ1) is 29.5. The summed E-state index contributed by atoms with van der Waals surface area (Å²) < 4.78 is 19.7. The molecule has 6 nitrogen and oxygen atoms in total. The Morgan fingerprint density at radius 3 is 2.02 bits per heavy atom. The highest BCUT2D eigenvalue weighted by Crippen LogP contribution is 2.41. The van der Waals surface area contributed by atoms with Crippen LogP contribution in [0, 0.1) is 0 Å². The smallest absolute Gasteiger partial charge is 0.379 e. The van der Waals surface area contributed by atoms with Crippen molar-refractivity contribution in [2.45, 2.75) is 32.5 Å². The van der Waals surface area contributed by atoms with Crippen LogP contribution in [0.1, 0.15) is 18.7 Å². The van der Waals surface area contributed by atoms with Crippen LogP contribution in [0.2, 0.25) is 10.0 Å². The summed E-state index contributed by atoms with van der Waals surface area (Å²) in [6.07, 6.45) is 8.07. The van der Waals surface area contributed by atoms with Crippen LogP contribution < -0.4 is 23.3 Å². The van der Waals surface area contributed by atoms with Gasteiger partial charge in [0.05, 0.1) is 12.1 Å². The summed E-state index contributed by atoms with van der Waals surface area (Å²) in [6.45, 7) is 3.18. The molecule has 0 spiro atoms. The van der Waals surface area contributed by atoms with Gasteiger partial charge >= 0.3 is 5.89 Å². The first-order chi connectivity index (χ1) is 23.1. The number of para-hydroxylation sites is 2. The highest BCUT2D eigenvalue weighted by atomic mass is 35.5. The summed E-state index contributed by atoms with van der Waals surface area (Å²) in [4.78, 5) is 2.20. The molecule has 0 saturated heterocycles. The van der Waals surface area contributed by atoms with E-state index < -0.39 is 0 Å². The van der Waals surface area contributed by atoms with E-state index in [4.69, 9.17) is 32.4 Å². The molecule has 0 bridgehead atoms. The quantitative estimate of drug-likeness (QED) is 0.146. The van der Waals surface area contributed by atoms with Crippen LogP contribution in [0.15, 0.2) is 132 Å². The van der Waals surface area contributed by atoms with Crippen LogP contribution >= 0.6 is 23.2 Å². The van der Waals surface area contributed by atoms with Crippen molar-refractivity contribution in [3.8, 4) is 5.75 Å². The van der Waals surface area contributed by atoms with Crippen molar-refractivity contribution in [2.75, 3.05) is 11.4 Å².